The Kier molecular flexibility index (Phi) is 3.72. The fraction of sp³-hybridized carbons (Fsp3) is 0.294. The molecule has 3 heterocycles. The molecular formula is C17H19N7O. The highest BCUT2D eigenvalue weighted by atomic mass is 16.2. The molecule has 1 amide bonds. The van der Waals surface area contributed by atoms with Gasteiger partial charge in [-0.25, -0.2) is 9.67 Å². The minimum absolute atomic E-state index is 0.0950. The van der Waals surface area contributed by atoms with Gasteiger partial charge in [-0.3, -0.25) is 9.48 Å². The molecule has 0 spiro atoms. The third-order valence-corrected chi connectivity index (χ3v) is 4.50. The Morgan fingerprint density at radius 3 is 2.72 bits per heavy atom. The summed E-state index contributed by atoms with van der Waals surface area (Å²) in [5.74, 6) is 0.898. The van der Waals surface area contributed by atoms with Gasteiger partial charge in [-0.2, -0.15) is 10.2 Å². The molecule has 25 heavy (non-hydrogen) atoms. The van der Waals surface area contributed by atoms with Crippen molar-refractivity contribution in [3.63, 3.8) is 0 Å². The van der Waals surface area contributed by atoms with E-state index in [4.69, 9.17) is 0 Å². The largest absolute Gasteiger partial charge is 0.338 e. The summed E-state index contributed by atoms with van der Waals surface area (Å²) < 4.78 is 3.61. The fourth-order valence-corrected chi connectivity index (χ4v) is 3.14. The van der Waals surface area contributed by atoms with Gasteiger partial charge in [-0.1, -0.05) is 0 Å². The minimum atomic E-state index is 0.0950. The lowest BCUT2D eigenvalue weighted by molar-refractivity contribution is -0.129. The van der Waals surface area contributed by atoms with Gasteiger partial charge in [0.1, 0.15) is 12.7 Å². The summed E-state index contributed by atoms with van der Waals surface area (Å²) in [7, 11) is 1.95. The normalized spacial score (nSPS) is 13.6. The SMILES string of the molecule is CC(=O)N1CCc2c(c(Nc3ccc(-n4cncn4)cc3)nn2C)C1. The van der Waals surface area contributed by atoms with Crippen LogP contribution in [0.4, 0.5) is 11.5 Å². The van der Waals surface area contributed by atoms with Crippen LogP contribution in [0.5, 0.6) is 0 Å². The molecule has 0 saturated heterocycles. The third-order valence-electron chi connectivity index (χ3n) is 4.50. The van der Waals surface area contributed by atoms with Crippen molar-refractivity contribution in [3.05, 3.63) is 48.2 Å². The number of hydrogen-bond acceptors (Lipinski definition) is 5. The number of hydrogen-bond donors (Lipinski definition) is 1. The average molecular weight is 337 g/mol. The first-order valence-corrected chi connectivity index (χ1v) is 8.14. The van der Waals surface area contributed by atoms with Gasteiger partial charge in [0.25, 0.3) is 0 Å². The van der Waals surface area contributed by atoms with Gasteiger partial charge in [0, 0.05) is 43.9 Å². The fourth-order valence-electron chi connectivity index (χ4n) is 3.14. The molecule has 0 aliphatic carbocycles. The molecule has 8 nitrogen and oxygen atoms in total. The monoisotopic (exact) mass is 337 g/mol. The lowest BCUT2D eigenvalue weighted by Crippen LogP contribution is -2.34. The molecule has 1 aliphatic heterocycles. The van der Waals surface area contributed by atoms with Crippen LogP contribution in [0.25, 0.3) is 5.69 Å². The molecule has 128 valence electrons. The number of rotatable bonds is 3. The second kappa shape index (κ2) is 6.04. The van der Waals surface area contributed by atoms with Crippen LogP contribution in [-0.2, 0) is 24.8 Å². The zero-order valence-corrected chi connectivity index (χ0v) is 14.2. The first-order valence-electron chi connectivity index (χ1n) is 8.14. The van der Waals surface area contributed by atoms with Gasteiger partial charge in [-0.05, 0) is 24.3 Å². The summed E-state index contributed by atoms with van der Waals surface area (Å²) in [6.45, 7) is 2.95. The van der Waals surface area contributed by atoms with Gasteiger partial charge in [-0.15, -0.1) is 0 Å². The van der Waals surface area contributed by atoms with E-state index >= 15 is 0 Å². The van der Waals surface area contributed by atoms with E-state index in [9.17, 15) is 4.79 Å². The molecule has 0 atom stereocenters. The molecule has 0 radical (unpaired) electrons. The van der Waals surface area contributed by atoms with E-state index in [0.717, 1.165) is 35.7 Å². The van der Waals surface area contributed by atoms with Crippen molar-refractivity contribution in [2.75, 3.05) is 11.9 Å². The first-order chi connectivity index (χ1) is 12.1. The number of aromatic nitrogens is 5. The average Bonchev–Trinajstić information content (AvgIpc) is 3.25. The Labute approximate surface area is 145 Å². The number of benzene rings is 1. The van der Waals surface area contributed by atoms with Crippen LogP contribution in [0.1, 0.15) is 18.2 Å². The van der Waals surface area contributed by atoms with Crippen molar-refractivity contribution in [1.29, 1.82) is 0 Å². The molecule has 0 unspecified atom stereocenters. The maximum atomic E-state index is 11.7. The maximum Gasteiger partial charge on any atom is 0.219 e. The van der Waals surface area contributed by atoms with Gasteiger partial charge < -0.3 is 10.2 Å². The Morgan fingerprint density at radius 1 is 1.24 bits per heavy atom. The Hall–Kier alpha value is -3.16. The summed E-state index contributed by atoms with van der Waals surface area (Å²) in [6.07, 6.45) is 3.99. The van der Waals surface area contributed by atoms with E-state index in [1.165, 1.54) is 12.0 Å². The van der Waals surface area contributed by atoms with E-state index in [0.29, 0.717) is 6.54 Å². The van der Waals surface area contributed by atoms with Crippen molar-refractivity contribution in [3.8, 4) is 5.69 Å². The zero-order valence-electron chi connectivity index (χ0n) is 14.2. The second-order valence-electron chi connectivity index (χ2n) is 6.10. The van der Waals surface area contributed by atoms with Crippen LogP contribution >= 0.6 is 0 Å². The second-order valence-corrected chi connectivity index (χ2v) is 6.10. The first kappa shape index (κ1) is 15.4. The van der Waals surface area contributed by atoms with Crippen LogP contribution in [0.15, 0.2) is 36.9 Å². The number of aryl methyl sites for hydroxylation is 1. The predicted molar refractivity (Wildman–Crippen MR) is 92.6 cm³/mol. The number of carbonyl (C=O) groups is 1. The Bertz CT molecular complexity index is 896. The highest BCUT2D eigenvalue weighted by Gasteiger charge is 2.25. The highest BCUT2D eigenvalue weighted by Crippen LogP contribution is 2.28. The minimum Gasteiger partial charge on any atom is -0.338 e. The lowest BCUT2D eigenvalue weighted by Gasteiger charge is -2.26. The highest BCUT2D eigenvalue weighted by molar-refractivity contribution is 5.74. The number of amides is 1. The number of nitrogens with zero attached hydrogens (tertiary/aromatic N) is 6. The topological polar surface area (TPSA) is 80.9 Å². The van der Waals surface area contributed by atoms with Crippen molar-refractivity contribution in [2.45, 2.75) is 19.9 Å². The number of nitrogens with one attached hydrogen (secondary N) is 1. The summed E-state index contributed by atoms with van der Waals surface area (Å²) >= 11 is 0. The van der Waals surface area contributed by atoms with Crippen LogP contribution in [0.2, 0.25) is 0 Å². The lowest BCUT2D eigenvalue weighted by atomic mass is 10.1. The van der Waals surface area contributed by atoms with Gasteiger partial charge in [0.2, 0.25) is 5.91 Å². The maximum absolute atomic E-state index is 11.7. The van der Waals surface area contributed by atoms with E-state index in [1.807, 2.05) is 40.9 Å². The molecule has 0 fully saturated rings. The quantitative estimate of drug-likeness (QED) is 0.786. The van der Waals surface area contributed by atoms with Crippen molar-refractivity contribution >= 4 is 17.4 Å². The molecule has 0 bridgehead atoms. The standard InChI is InChI=1S/C17H19N7O/c1-12(25)23-8-7-16-15(9-23)17(21-22(16)2)20-13-3-5-14(6-4-13)24-11-18-10-19-24/h3-6,10-11H,7-9H2,1-2H3,(H,20,21). The van der Waals surface area contributed by atoms with E-state index in [1.54, 1.807) is 17.9 Å². The van der Waals surface area contributed by atoms with Crippen LogP contribution < -0.4 is 5.32 Å². The molecule has 8 heteroatoms. The van der Waals surface area contributed by atoms with Gasteiger partial charge in [0.05, 0.1) is 12.2 Å². The molecule has 1 N–H and O–H groups in total. The van der Waals surface area contributed by atoms with E-state index in [2.05, 4.69) is 20.5 Å². The van der Waals surface area contributed by atoms with Crippen LogP contribution in [-0.4, -0.2) is 41.9 Å². The van der Waals surface area contributed by atoms with Crippen LogP contribution in [0, 0.1) is 0 Å². The van der Waals surface area contributed by atoms with E-state index in [-0.39, 0.29) is 5.91 Å². The van der Waals surface area contributed by atoms with Crippen molar-refractivity contribution in [1.82, 2.24) is 29.4 Å². The molecule has 2 aromatic heterocycles. The van der Waals surface area contributed by atoms with Gasteiger partial charge >= 0.3 is 0 Å². The number of carbonyl (C=O) groups excluding carboxylic acids is 1. The summed E-state index contributed by atoms with van der Waals surface area (Å²) in [6, 6.07) is 7.88. The number of fused-ring (bicyclic) bond motifs is 1. The molecular weight excluding hydrogens is 318 g/mol. The van der Waals surface area contributed by atoms with Gasteiger partial charge in [0.15, 0.2) is 5.82 Å². The smallest absolute Gasteiger partial charge is 0.219 e. The van der Waals surface area contributed by atoms with Crippen molar-refractivity contribution < 1.29 is 4.79 Å². The Balaban J connectivity index is 1.58. The zero-order chi connectivity index (χ0) is 17.4. The molecule has 0 saturated carbocycles. The summed E-state index contributed by atoms with van der Waals surface area (Å²) in [5.41, 5.74) is 4.14. The van der Waals surface area contributed by atoms with E-state index < -0.39 is 0 Å². The molecule has 1 aliphatic rings. The summed E-state index contributed by atoms with van der Waals surface area (Å²) in [4.78, 5) is 17.5. The number of anilines is 2. The third kappa shape index (κ3) is 2.86. The predicted octanol–water partition coefficient (Wildman–Crippen LogP) is 1.65. The molecule has 3 aromatic rings. The Morgan fingerprint density at radius 2 is 2.04 bits per heavy atom. The molecule has 4 rings (SSSR count). The summed E-state index contributed by atoms with van der Waals surface area (Å²) in [5, 5.41) is 12.1. The molecule has 1 aromatic carbocycles. The van der Waals surface area contributed by atoms with Crippen molar-refractivity contribution in [2.24, 2.45) is 7.05 Å². The van der Waals surface area contributed by atoms with Crippen LogP contribution in [0.3, 0.4) is 0 Å².